The summed E-state index contributed by atoms with van der Waals surface area (Å²) in [5, 5.41) is 15.4. The van der Waals surface area contributed by atoms with Gasteiger partial charge in [0, 0.05) is 57.9 Å². The van der Waals surface area contributed by atoms with E-state index in [9.17, 15) is 5.11 Å². The van der Waals surface area contributed by atoms with Crippen LogP contribution < -0.4 is 4.90 Å². The molecule has 1 unspecified atom stereocenters. The van der Waals surface area contributed by atoms with Gasteiger partial charge in [-0.05, 0) is 5.92 Å². The molecule has 2 saturated heterocycles. The van der Waals surface area contributed by atoms with E-state index in [-0.39, 0.29) is 0 Å². The third kappa shape index (κ3) is 6.77. The van der Waals surface area contributed by atoms with E-state index in [1.807, 2.05) is 18.2 Å². The highest BCUT2D eigenvalue weighted by Crippen LogP contribution is 2.33. The van der Waals surface area contributed by atoms with Crippen molar-refractivity contribution < 1.29 is 19.1 Å². The molecule has 1 aromatic carbocycles. The van der Waals surface area contributed by atoms with Crippen LogP contribution in [0.1, 0.15) is 19.4 Å². The van der Waals surface area contributed by atoms with Gasteiger partial charge < -0.3 is 24.0 Å². The van der Waals surface area contributed by atoms with Crippen molar-refractivity contribution in [1.29, 1.82) is 0 Å². The molecule has 2 aromatic rings. The van der Waals surface area contributed by atoms with Gasteiger partial charge in [-0.1, -0.05) is 49.3 Å². The Morgan fingerprint density at radius 2 is 1.64 bits per heavy atom. The zero-order valence-electron chi connectivity index (χ0n) is 20.0. The zero-order chi connectivity index (χ0) is 23.0. The summed E-state index contributed by atoms with van der Waals surface area (Å²) in [5.74, 6) is 1.31. The third-order valence-corrected chi connectivity index (χ3v) is 6.16. The molecule has 0 radical (unpaired) electrons. The number of hydrogen-bond donors (Lipinski definition) is 1. The summed E-state index contributed by atoms with van der Waals surface area (Å²) in [5.41, 5.74) is 3.02. The van der Waals surface area contributed by atoms with Gasteiger partial charge in [0.2, 0.25) is 5.88 Å². The number of ether oxygens (including phenoxy) is 2. The van der Waals surface area contributed by atoms with E-state index >= 15 is 0 Å². The van der Waals surface area contributed by atoms with Crippen molar-refractivity contribution in [3.05, 3.63) is 35.9 Å². The predicted octanol–water partition coefficient (Wildman–Crippen LogP) is 2.33. The van der Waals surface area contributed by atoms with Gasteiger partial charge in [0.15, 0.2) is 0 Å². The van der Waals surface area contributed by atoms with E-state index in [2.05, 4.69) is 45.8 Å². The Kier molecular flexibility index (Phi) is 8.75. The Bertz CT molecular complexity index is 832. The predicted molar refractivity (Wildman–Crippen MR) is 128 cm³/mol. The smallest absolute Gasteiger partial charge is 0.232 e. The third-order valence-electron chi connectivity index (χ3n) is 6.16. The highest BCUT2D eigenvalue weighted by Gasteiger charge is 2.27. The van der Waals surface area contributed by atoms with Crippen LogP contribution in [-0.4, -0.2) is 98.4 Å². The molecule has 182 valence electrons. The largest absolute Gasteiger partial charge is 0.390 e. The second-order valence-corrected chi connectivity index (χ2v) is 9.44. The van der Waals surface area contributed by atoms with Gasteiger partial charge in [0.25, 0.3) is 0 Å². The topological polar surface area (TPSA) is 74.4 Å². The van der Waals surface area contributed by atoms with Crippen LogP contribution in [0.3, 0.4) is 0 Å². The minimum Gasteiger partial charge on any atom is -0.390 e. The number of benzene rings is 1. The molecule has 4 rings (SSSR count). The van der Waals surface area contributed by atoms with Gasteiger partial charge in [-0.3, -0.25) is 9.80 Å². The fourth-order valence-electron chi connectivity index (χ4n) is 4.66. The molecule has 2 aliphatic rings. The maximum atomic E-state index is 10.9. The van der Waals surface area contributed by atoms with Crippen LogP contribution in [0.2, 0.25) is 0 Å². The van der Waals surface area contributed by atoms with E-state index in [0.29, 0.717) is 38.8 Å². The average Bonchev–Trinajstić information content (AvgIpc) is 3.23. The van der Waals surface area contributed by atoms with Crippen LogP contribution in [-0.2, 0) is 16.0 Å². The molecule has 0 bridgehead atoms. The molecule has 1 N–H and O–H groups in total. The molecule has 2 aliphatic heterocycles. The second-order valence-electron chi connectivity index (χ2n) is 9.44. The Morgan fingerprint density at radius 3 is 2.30 bits per heavy atom. The fourth-order valence-corrected chi connectivity index (χ4v) is 4.66. The van der Waals surface area contributed by atoms with Crippen LogP contribution in [0.5, 0.6) is 0 Å². The van der Waals surface area contributed by atoms with Gasteiger partial charge in [-0.25, -0.2) is 0 Å². The normalized spacial score (nSPS) is 18.9. The molecule has 8 heteroatoms. The summed E-state index contributed by atoms with van der Waals surface area (Å²) < 4.78 is 16.9. The lowest BCUT2D eigenvalue weighted by Gasteiger charge is -2.32. The van der Waals surface area contributed by atoms with Crippen molar-refractivity contribution in [3.8, 4) is 11.3 Å². The number of β-amino-alcohol motifs (C(OH)–C–C–N with tert-alkyl or cyclic N) is 1. The Hall–Kier alpha value is -1.97. The number of hydrogen-bond acceptors (Lipinski definition) is 8. The Labute approximate surface area is 197 Å². The molecule has 33 heavy (non-hydrogen) atoms. The molecule has 0 spiro atoms. The molecule has 2 fully saturated rings. The van der Waals surface area contributed by atoms with Crippen molar-refractivity contribution in [3.63, 3.8) is 0 Å². The highest BCUT2D eigenvalue weighted by molar-refractivity contribution is 5.68. The highest BCUT2D eigenvalue weighted by atomic mass is 16.5. The van der Waals surface area contributed by atoms with Crippen molar-refractivity contribution >= 4 is 5.88 Å². The fraction of sp³-hybridized carbons (Fsp3) is 0.640. The first-order valence-electron chi connectivity index (χ1n) is 12.2. The summed E-state index contributed by atoms with van der Waals surface area (Å²) in [6.07, 6.45) is -0.422. The van der Waals surface area contributed by atoms with Gasteiger partial charge in [0.1, 0.15) is 5.69 Å². The molecule has 0 saturated carbocycles. The van der Waals surface area contributed by atoms with E-state index in [0.717, 1.165) is 68.6 Å². The van der Waals surface area contributed by atoms with Gasteiger partial charge in [-0.2, -0.15) is 0 Å². The van der Waals surface area contributed by atoms with Crippen LogP contribution in [0.15, 0.2) is 34.9 Å². The van der Waals surface area contributed by atoms with Gasteiger partial charge >= 0.3 is 0 Å². The Balaban J connectivity index is 1.55. The summed E-state index contributed by atoms with van der Waals surface area (Å²) >= 11 is 0. The van der Waals surface area contributed by atoms with Gasteiger partial charge in [-0.15, -0.1) is 0 Å². The van der Waals surface area contributed by atoms with E-state index in [4.69, 9.17) is 14.0 Å². The standard InChI is InChI=1S/C25H38N4O4/c1-20(2)16-28(18-22(30)17-27-8-12-31-13-9-27)19-23-24(21-6-4-3-5-7-21)26-33-25(23)29-10-14-32-15-11-29/h3-7,20,22,30H,8-19H2,1-2H3. The molecular formula is C25H38N4O4. The maximum Gasteiger partial charge on any atom is 0.232 e. The SMILES string of the molecule is CC(C)CN(Cc1c(-c2ccccc2)noc1N1CCOCC1)CC(O)CN1CCOCC1. The molecule has 0 amide bonds. The number of nitrogens with zero attached hydrogens (tertiary/aromatic N) is 4. The number of morpholine rings is 2. The minimum absolute atomic E-state index is 0.422. The van der Waals surface area contributed by atoms with Crippen molar-refractivity contribution in [2.24, 2.45) is 5.92 Å². The van der Waals surface area contributed by atoms with E-state index in [1.165, 1.54) is 0 Å². The Morgan fingerprint density at radius 1 is 0.970 bits per heavy atom. The van der Waals surface area contributed by atoms with E-state index < -0.39 is 6.10 Å². The molecule has 8 nitrogen and oxygen atoms in total. The number of rotatable bonds is 10. The first kappa shape index (κ1) is 24.2. The van der Waals surface area contributed by atoms with Gasteiger partial charge in [0.05, 0.1) is 38.1 Å². The number of anilines is 1. The van der Waals surface area contributed by atoms with Crippen LogP contribution in [0.25, 0.3) is 11.3 Å². The quantitative estimate of drug-likeness (QED) is 0.582. The molecule has 1 atom stereocenters. The van der Waals surface area contributed by atoms with Crippen LogP contribution in [0.4, 0.5) is 5.88 Å². The van der Waals surface area contributed by atoms with E-state index in [1.54, 1.807) is 0 Å². The molecule has 1 aromatic heterocycles. The summed E-state index contributed by atoms with van der Waals surface area (Å²) in [6.45, 7) is 13.5. The lowest BCUT2D eigenvalue weighted by Crippen LogP contribution is -2.45. The zero-order valence-corrected chi connectivity index (χ0v) is 20.0. The second kappa shape index (κ2) is 11.9. The summed E-state index contributed by atoms with van der Waals surface area (Å²) in [6, 6.07) is 10.2. The summed E-state index contributed by atoms with van der Waals surface area (Å²) in [7, 11) is 0. The molecular weight excluding hydrogens is 420 g/mol. The number of aliphatic hydroxyl groups is 1. The minimum atomic E-state index is -0.422. The monoisotopic (exact) mass is 458 g/mol. The number of aromatic nitrogens is 1. The molecule has 0 aliphatic carbocycles. The molecule has 3 heterocycles. The maximum absolute atomic E-state index is 10.9. The number of aliphatic hydroxyl groups excluding tert-OH is 1. The first-order valence-corrected chi connectivity index (χ1v) is 12.2. The van der Waals surface area contributed by atoms with Crippen molar-refractivity contribution in [2.45, 2.75) is 26.5 Å². The van der Waals surface area contributed by atoms with Crippen LogP contribution in [0, 0.1) is 5.92 Å². The summed E-state index contributed by atoms with van der Waals surface area (Å²) in [4.78, 5) is 6.87. The van der Waals surface area contributed by atoms with Crippen molar-refractivity contribution in [1.82, 2.24) is 15.0 Å². The lowest BCUT2D eigenvalue weighted by molar-refractivity contribution is 0.00540. The first-order chi connectivity index (χ1) is 16.1. The lowest BCUT2D eigenvalue weighted by atomic mass is 10.1. The van der Waals surface area contributed by atoms with Crippen molar-refractivity contribution in [2.75, 3.05) is 77.1 Å². The average molecular weight is 459 g/mol. The van der Waals surface area contributed by atoms with Crippen LogP contribution >= 0.6 is 0 Å².